The number of aromatic nitrogens is 1. The second-order valence-electron chi connectivity index (χ2n) is 8.79. The van der Waals surface area contributed by atoms with Crippen molar-refractivity contribution in [2.45, 2.75) is 18.6 Å². The van der Waals surface area contributed by atoms with Crippen molar-refractivity contribution in [3.63, 3.8) is 0 Å². The summed E-state index contributed by atoms with van der Waals surface area (Å²) < 4.78 is 12.3. The van der Waals surface area contributed by atoms with Crippen LogP contribution in [0.1, 0.15) is 22.7 Å². The molecular formula is C31H20N2O2Pt. The SMILES string of the molecule is [Pt+2].[c-]1c(Oc2[c-]c(-c3ccc4ccccc4n3)ccc2)cccc1C1=N[C@H]2c3ccccc3C[C@H]2O1. The van der Waals surface area contributed by atoms with Crippen molar-refractivity contribution in [2.75, 3.05) is 0 Å². The number of pyridine rings is 1. The normalized spacial score (nSPS) is 17.5. The van der Waals surface area contributed by atoms with Crippen LogP contribution in [0.3, 0.4) is 0 Å². The predicted molar refractivity (Wildman–Crippen MR) is 136 cm³/mol. The number of benzene rings is 4. The Hall–Kier alpha value is -3.75. The van der Waals surface area contributed by atoms with E-state index >= 15 is 0 Å². The fraction of sp³-hybridized carbons (Fsp3) is 0.0968. The average molecular weight is 648 g/mol. The van der Waals surface area contributed by atoms with Crippen molar-refractivity contribution in [3.05, 3.63) is 126 Å². The Kier molecular flexibility index (Phi) is 5.91. The quantitative estimate of drug-likeness (QED) is 0.203. The van der Waals surface area contributed by atoms with E-state index in [1.165, 1.54) is 11.1 Å². The van der Waals surface area contributed by atoms with Crippen LogP contribution in [-0.2, 0) is 32.2 Å². The fourth-order valence-corrected chi connectivity index (χ4v) is 4.85. The maximum atomic E-state index is 6.22. The molecule has 0 N–H and O–H groups in total. The van der Waals surface area contributed by atoms with Crippen LogP contribution < -0.4 is 4.74 Å². The Bertz CT molecular complexity index is 1610. The molecule has 1 aromatic heterocycles. The van der Waals surface area contributed by atoms with Crippen molar-refractivity contribution in [3.8, 4) is 22.8 Å². The first-order chi connectivity index (χ1) is 17.3. The number of fused-ring (bicyclic) bond motifs is 4. The summed E-state index contributed by atoms with van der Waals surface area (Å²) in [6, 6.07) is 38.9. The molecule has 5 heteroatoms. The molecule has 0 amide bonds. The summed E-state index contributed by atoms with van der Waals surface area (Å²) in [7, 11) is 0. The van der Waals surface area contributed by atoms with E-state index in [2.05, 4.69) is 48.5 Å². The summed E-state index contributed by atoms with van der Waals surface area (Å²) in [6.45, 7) is 0. The second-order valence-corrected chi connectivity index (χ2v) is 8.79. The summed E-state index contributed by atoms with van der Waals surface area (Å²) >= 11 is 0. The van der Waals surface area contributed by atoms with Crippen LogP contribution in [0, 0.1) is 12.1 Å². The van der Waals surface area contributed by atoms with Gasteiger partial charge in [0.1, 0.15) is 18.0 Å². The van der Waals surface area contributed by atoms with Crippen LogP contribution in [0.2, 0.25) is 0 Å². The molecule has 0 saturated carbocycles. The summed E-state index contributed by atoms with van der Waals surface area (Å²) in [6.07, 6.45) is 0.939. The van der Waals surface area contributed by atoms with Gasteiger partial charge in [-0.05, 0) is 28.3 Å². The molecule has 36 heavy (non-hydrogen) atoms. The minimum Gasteiger partial charge on any atom is -0.514 e. The number of para-hydroxylation sites is 1. The second kappa shape index (κ2) is 9.37. The molecule has 4 nitrogen and oxygen atoms in total. The molecule has 0 saturated heterocycles. The smallest absolute Gasteiger partial charge is 0.514 e. The van der Waals surface area contributed by atoms with Crippen molar-refractivity contribution < 1.29 is 30.5 Å². The summed E-state index contributed by atoms with van der Waals surface area (Å²) in [5.74, 6) is 1.81. The van der Waals surface area contributed by atoms with Gasteiger partial charge in [-0.1, -0.05) is 72.3 Å². The number of hydrogen-bond donors (Lipinski definition) is 0. The number of ether oxygens (including phenoxy) is 2. The fourth-order valence-electron chi connectivity index (χ4n) is 4.85. The number of hydrogen-bond acceptors (Lipinski definition) is 4. The molecule has 0 bridgehead atoms. The minimum atomic E-state index is 0. The molecule has 2 heterocycles. The topological polar surface area (TPSA) is 43.7 Å². The monoisotopic (exact) mass is 647 g/mol. The Morgan fingerprint density at radius 3 is 2.39 bits per heavy atom. The van der Waals surface area contributed by atoms with Gasteiger partial charge in [0.15, 0.2) is 0 Å². The van der Waals surface area contributed by atoms with Gasteiger partial charge in [0.05, 0.1) is 5.52 Å². The maximum Gasteiger partial charge on any atom is 2.00 e. The molecule has 5 aromatic rings. The van der Waals surface area contributed by atoms with Crippen molar-refractivity contribution >= 4 is 16.8 Å². The number of nitrogens with zero attached hydrogens (tertiary/aromatic N) is 2. The van der Waals surface area contributed by atoms with Gasteiger partial charge in [0.2, 0.25) is 0 Å². The largest absolute Gasteiger partial charge is 2.00 e. The van der Waals surface area contributed by atoms with Crippen molar-refractivity contribution in [1.82, 2.24) is 4.98 Å². The first-order valence-electron chi connectivity index (χ1n) is 11.7. The standard InChI is InChI=1S/C31H20N2O2.Pt/c1-3-13-26-21(8-1)19-29-30(26)33-31(35-29)23-10-6-12-25(18-23)34-24-11-5-9-22(17-24)28-16-15-20-7-2-4-14-27(20)32-28;/h1-16,29-30H,19H2;/q-2;+2/t29-,30+;/m1./s1. The Morgan fingerprint density at radius 1 is 0.750 bits per heavy atom. The van der Waals surface area contributed by atoms with E-state index in [1.54, 1.807) is 0 Å². The van der Waals surface area contributed by atoms with Gasteiger partial charge < -0.3 is 9.47 Å². The Labute approximate surface area is 223 Å². The third-order valence-electron chi connectivity index (χ3n) is 6.53. The molecule has 2 atom stereocenters. The summed E-state index contributed by atoms with van der Waals surface area (Å²) in [5, 5.41) is 1.11. The third-order valence-corrected chi connectivity index (χ3v) is 6.53. The van der Waals surface area contributed by atoms with Gasteiger partial charge in [-0.25, -0.2) is 0 Å². The zero-order valence-corrected chi connectivity index (χ0v) is 21.4. The summed E-state index contributed by atoms with van der Waals surface area (Å²) in [5.41, 5.74) is 6.06. The maximum absolute atomic E-state index is 6.22. The van der Waals surface area contributed by atoms with E-state index in [9.17, 15) is 0 Å². The van der Waals surface area contributed by atoms with Crippen LogP contribution in [-0.4, -0.2) is 17.0 Å². The molecule has 0 fully saturated rings. The molecule has 0 radical (unpaired) electrons. The molecule has 176 valence electrons. The molecule has 0 spiro atoms. The van der Waals surface area contributed by atoms with Gasteiger partial charge >= 0.3 is 21.1 Å². The van der Waals surface area contributed by atoms with Crippen LogP contribution in [0.15, 0.2) is 102 Å². The van der Waals surface area contributed by atoms with Crippen molar-refractivity contribution in [1.29, 1.82) is 0 Å². The van der Waals surface area contributed by atoms with Gasteiger partial charge in [-0.2, -0.15) is 0 Å². The molecule has 1 aliphatic carbocycles. The van der Waals surface area contributed by atoms with E-state index in [0.717, 1.165) is 34.1 Å². The van der Waals surface area contributed by atoms with Crippen LogP contribution in [0.4, 0.5) is 0 Å². The van der Waals surface area contributed by atoms with Crippen LogP contribution >= 0.6 is 0 Å². The predicted octanol–water partition coefficient (Wildman–Crippen LogP) is 6.73. The third kappa shape index (κ3) is 4.12. The molecular weight excluding hydrogens is 627 g/mol. The van der Waals surface area contributed by atoms with Gasteiger partial charge in [0.25, 0.3) is 0 Å². The first kappa shape index (κ1) is 22.7. The zero-order chi connectivity index (χ0) is 23.2. The van der Waals surface area contributed by atoms with Crippen LogP contribution in [0.5, 0.6) is 11.5 Å². The van der Waals surface area contributed by atoms with Crippen molar-refractivity contribution in [2.24, 2.45) is 4.99 Å². The Balaban J connectivity index is 0.00000240. The summed E-state index contributed by atoms with van der Waals surface area (Å²) in [4.78, 5) is 9.66. The van der Waals surface area contributed by atoms with E-state index in [0.29, 0.717) is 17.4 Å². The van der Waals surface area contributed by atoms with E-state index < -0.39 is 0 Å². The first-order valence-corrected chi connectivity index (χ1v) is 11.7. The minimum absolute atomic E-state index is 0. The van der Waals surface area contributed by atoms with Gasteiger partial charge in [0, 0.05) is 17.9 Å². The molecule has 4 aromatic carbocycles. The Morgan fingerprint density at radius 2 is 1.50 bits per heavy atom. The van der Waals surface area contributed by atoms with E-state index in [-0.39, 0.29) is 33.2 Å². The van der Waals surface area contributed by atoms with Gasteiger partial charge in [-0.15, -0.1) is 42.0 Å². The average Bonchev–Trinajstić information content (AvgIpc) is 3.47. The number of aliphatic imine (C=N–C) groups is 1. The number of rotatable bonds is 4. The molecule has 0 unspecified atom stereocenters. The van der Waals surface area contributed by atoms with E-state index in [4.69, 9.17) is 19.5 Å². The molecule has 7 rings (SSSR count). The van der Waals surface area contributed by atoms with Crippen LogP contribution in [0.25, 0.3) is 22.2 Å². The molecule has 1 aliphatic heterocycles. The van der Waals surface area contributed by atoms with E-state index in [1.807, 2.05) is 60.7 Å². The zero-order valence-electron chi connectivity index (χ0n) is 19.1. The molecule has 2 aliphatic rings. The van der Waals surface area contributed by atoms with Gasteiger partial charge in [-0.3, -0.25) is 9.98 Å².